The molecule has 0 amide bonds. The number of ether oxygens (including phenoxy) is 1. The predicted octanol–water partition coefficient (Wildman–Crippen LogP) is 2.13. The van der Waals surface area contributed by atoms with E-state index < -0.39 is 0 Å². The number of pyridine rings is 1. The Morgan fingerprint density at radius 1 is 1.48 bits per heavy atom. The van der Waals surface area contributed by atoms with Crippen molar-refractivity contribution in [2.24, 2.45) is 7.05 Å². The van der Waals surface area contributed by atoms with Crippen LogP contribution in [-0.2, 0) is 18.3 Å². The lowest BCUT2D eigenvalue weighted by Crippen LogP contribution is -2.39. The Hall–Kier alpha value is -1.72. The molecule has 2 atom stereocenters. The molecule has 0 bridgehead atoms. The summed E-state index contributed by atoms with van der Waals surface area (Å²) in [4.78, 5) is 4.34. The van der Waals surface area contributed by atoms with Gasteiger partial charge in [0.1, 0.15) is 6.10 Å². The third kappa shape index (κ3) is 3.31. The Morgan fingerprint density at radius 3 is 3.14 bits per heavy atom. The zero-order valence-electron chi connectivity index (χ0n) is 12.6. The Labute approximate surface area is 125 Å². The summed E-state index contributed by atoms with van der Waals surface area (Å²) in [7, 11) is 1.94. The number of hydrogen-bond donors (Lipinski definition) is 1. The van der Waals surface area contributed by atoms with Gasteiger partial charge in [0.25, 0.3) is 0 Å². The largest absolute Gasteiger partial charge is 0.372 e. The van der Waals surface area contributed by atoms with E-state index in [4.69, 9.17) is 4.74 Å². The zero-order chi connectivity index (χ0) is 14.7. The van der Waals surface area contributed by atoms with Crippen molar-refractivity contribution in [1.82, 2.24) is 20.1 Å². The molecule has 0 saturated carbocycles. The highest BCUT2D eigenvalue weighted by atomic mass is 16.5. The first kappa shape index (κ1) is 14.2. The molecule has 0 aromatic carbocycles. The summed E-state index contributed by atoms with van der Waals surface area (Å²) in [5.41, 5.74) is 3.48. The Bertz CT molecular complexity index is 595. The third-order valence-corrected chi connectivity index (χ3v) is 4.05. The lowest BCUT2D eigenvalue weighted by molar-refractivity contribution is -0.0112. The van der Waals surface area contributed by atoms with Crippen LogP contribution >= 0.6 is 0 Å². The van der Waals surface area contributed by atoms with Gasteiger partial charge in [0, 0.05) is 49.9 Å². The van der Waals surface area contributed by atoms with E-state index in [2.05, 4.69) is 21.5 Å². The van der Waals surface area contributed by atoms with Crippen molar-refractivity contribution in [2.75, 3.05) is 6.61 Å². The summed E-state index contributed by atoms with van der Waals surface area (Å²) < 4.78 is 7.81. The smallest absolute Gasteiger partial charge is 0.101 e. The molecule has 0 spiro atoms. The lowest BCUT2D eigenvalue weighted by atomic mass is 9.98. The summed E-state index contributed by atoms with van der Waals surface area (Å²) in [5, 5.41) is 7.89. The minimum Gasteiger partial charge on any atom is -0.372 e. The van der Waals surface area contributed by atoms with Gasteiger partial charge in [-0.3, -0.25) is 9.67 Å². The zero-order valence-corrected chi connectivity index (χ0v) is 12.6. The first-order valence-electron chi connectivity index (χ1n) is 7.48. The van der Waals surface area contributed by atoms with Crippen molar-refractivity contribution in [3.8, 4) is 0 Å². The molecule has 21 heavy (non-hydrogen) atoms. The standard InChI is InChI=1S/C16H22N4O/c1-12-13(5-3-7-17-12)9-18-15-6-4-8-21-16(15)14-10-19-20(2)11-14/h3,5,7,10-11,15-16,18H,4,6,8-9H2,1-2H3/t15-,16+/m0/s1. The maximum Gasteiger partial charge on any atom is 0.101 e. The molecule has 1 aliphatic heterocycles. The average molecular weight is 286 g/mol. The molecule has 1 aliphatic rings. The van der Waals surface area contributed by atoms with Gasteiger partial charge in [0.05, 0.1) is 6.20 Å². The fraction of sp³-hybridized carbons (Fsp3) is 0.500. The van der Waals surface area contributed by atoms with Crippen LogP contribution in [0.3, 0.4) is 0 Å². The lowest BCUT2D eigenvalue weighted by Gasteiger charge is -2.32. The van der Waals surface area contributed by atoms with Crippen LogP contribution in [0.2, 0.25) is 0 Å². The van der Waals surface area contributed by atoms with Gasteiger partial charge in [-0.25, -0.2) is 0 Å². The van der Waals surface area contributed by atoms with Crippen LogP contribution in [0.1, 0.15) is 35.8 Å². The minimum absolute atomic E-state index is 0.0874. The summed E-state index contributed by atoms with van der Waals surface area (Å²) in [5.74, 6) is 0. The fourth-order valence-corrected chi connectivity index (χ4v) is 2.85. The molecule has 1 saturated heterocycles. The number of hydrogen-bond acceptors (Lipinski definition) is 4. The highest BCUT2D eigenvalue weighted by molar-refractivity contribution is 5.18. The van der Waals surface area contributed by atoms with Crippen LogP contribution in [0.25, 0.3) is 0 Å². The van der Waals surface area contributed by atoms with Crippen LogP contribution in [-0.4, -0.2) is 27.4 Å². The normalized spacial score (nSPS) is 22.4. The first-order valence-corrected chi connectivity index (χ1v) is 7.48. The summed E-state index contributed by atoms with van der Waals surface area (Å²) in [6, 6.07) is 4.43. The molecular weight excluding hydrogens is 264 g/mol. The summed E-state index contributed by atoms with van der Waals surface area (Å²) in [6.07, 6.45) is 8.09. The van der Waals surface area contributed by atoms with Gasteiger partial charge in [-0.1, -0.05) is 6.07 Å². The first-order chi connectivity index (χ1) is 10.2. The second-order valence-electron chi connectivity index (χ2n) is 5.62. The van der Waals surface area contributed by atoms with E-state index in [1.165, 1.54) is 5.56 Å². The molecule has 3 rings (SSSR count). The highest BCUT2D eigenvalue weighted by Gasteiger charge is 2.28. The van der Waals surface area contributed by atoms with Crippen LogP contribution < -0.4 is 5.32 Å². The van der Waals surface area contributed by atoms with E-state index >= 15 is 0 Å². The second-order valence-corrected chi connectivity index (χ2v) is 5.62. The monoisotopic (exact) mass is 286 g/mol. The molecule has 0 aliphatic carbocycles. The molecule has 2 aromatic heterocycles. The molecule has 0 unspecified atom stereocenters. The van der Waals surface area contributed by atoms with Gasteiger partial charge < -0.3 is 10.1 Å². The minimum atomic E-state index is 0.0874. The van der Waals surface area contributed by atoms with E-state index in [-0.39, 0.29) is 6.10 Å². The van der Waals surface area contributed by atoms with Crippen molar-refractivity contribution in [3.05, 3.63) is 47.5 Å². The van der Waals surface area contributed by atoms with Gasteiger partial charge in [-0.2, -0.15) is 5.10 Å². The number of rotatable bonds is 4. The molecule has 5 heteroatoms. The van der Waals surface area contributed by atoms with Gasteiger partial charge in [-0.15, -0.1) is 0 Å². The van der Waals surface area contributed by atoms with Crippen molar-refractivity contribution in [2.45, 2.75) is 38.5 Å². The number of nitrogens with zero attached hydrogens (tertiary/aromatic N) is 3. The molecule has 1 N–H and O–H groups in total. The average Bonchev–Trinajstić information content (AvgIpc) is 2.93. The molecule has 112 valence electrons. The van der Waals surface area contributed by atoms with Crippen LogP contribution in [0.5, 0.6) is 0 Å². The van der Waals surface area contributed by atoms with Gasteiger partial charge >= 0.3 is 0 Å². The maximum absolute atomic E-state index is 5.98. The summed E-state index contributed by atoms with van der Waals surface area (Å²) in [6.45, 7) is 3.70. The van der Waals surface area contributed by atoms with Gasteiger partial charge in [0.2, 0.25) is 0 Å². The molecule has 3 heterocycles. The SMILES string of the molecule is Cc1ncccc1CN[C@H]1CCCO[C@@H]1c1cnn(C)c1. The van der Waals surface area contributed by atoms with Crippen molar-refractivity contribution >= 4 is 0 Å². The highest BCUT2D eigenvalue weighted by Crippen LogP contribution is 2.28. The van der Waals surface area contributed by atoms with E-state index in [0.29, 0.717) is 6.04 Å². The van der Waals surface area contributed by atoms with Crippen molar-refractivity contribution in [1.29, 1.82) is 0 Å². The van der Waals surface area contributed by atoms with Gasteiger partial charge in [-0.05, 0) is 31.4 Å². The quantitative estimate of drug-likeness (QED) is 0.935. The van der Waals surface area contributed by atoms with Crippen LogP contribution in [0, 0.1) is 6.92 Å². The van der Waals surface area contributed by atoms with Gasteiger partial charge in [0.15, 0.2) is 0 Å². The number of aryl methyl sites for hydroxylation is 2. The number of nitrogens with one attached hydrogen (secondary N) is 1. The van der Waals surface area contributed by atoms with E-state index in [0.717, 1.165) is 37.3 Å². The molecular formula is C16H22N4O. The fourth-order valence-electron chi connectivity index (χ4n) is 2.85. The third-order valence-electron chi connectivity index (χ3n) is 4.05. The topological polar surface area (TPSA) is 52.0 Å². The summed E-state index contributed by atoms with van der Waals surface area (Å²) >= 11 is 0. The number of aromatic nitrogens is 3. The Balaban J connectivity index is 1.69. The molecule has 5 nitrogen and oxygen atoms in total. The van der Waals surface area contributed by atoms with Crippen molar-refractivity contribution in [3.63, 3.8) is 0 Å². The predicted molar refractivity (Wildman–Crippen MR) is 80.7 cm³/mol. The molecule has 1 fully saturated rings. The Morgan fingerprint density at radius 2 is 2.38 bits per heavy atom. The molecule has 0 radical (unpaired) electrons. The second kappa shape index (κ2) is 6.37. The van der Waals surface area contributed by atoms with Crippen LogP contribution in [0.4, 0.5) is 0 Å². The van der Waals surface area contributed by atoms with E-state index in [9.17, 15) is 0 Å². The van der Waals surface area contributed by atoms with E-state index in [1.54, 1.807) is 0 Å². The van der Waals surface area contributed by atoms with E-state index in [1.807, 2.05) is 43.3 Å². The van der Waals surface area contributed by atoms with Crippen LogP contribution in [0.15, 0.2) is 30.7 Å². The molecule has 2 aromatic rings. The maximum atomic E-state index is 5.98. The Kier molecular flexibility index (Phi) is 4.31. The van der Waals surface area contributed by atoms with Crippen molar-refractivity contribution < 1.29 is 4.74 Å².